The SMILES string of the molecule is [CH]1[CH][CH][CH][CH]1.[CH]1[CH][CH][CH][CH]1.[Er].[c-]1ccccc1. The van der Waals surface area contributed by atoms with E-state index in [2.05, 4.69) is 6.07 Å². The van der Waals surface area contributed by atoms with Crippen molar-refractivity contribution < 1.29 is 37.3 Å². The van der Waals surface area contributed by atoms with Crippen LogP contribution in [0.2, 0.25) is 0 Å². The Morgan fingerprint density at radius 3 is 0.824 bits per heavy atom. The Hall–Kier alpha value is 0.467. The minimum atomic E-state index is 0. The van der Waals surface area contributed by atoms with Gasteiger partial charge >= 0.3 is 0 Å². The largest absolute Gasteiger partial charge is 0.184 e. The molecule has 0 nitrogen and oxygen atoms in total. The van der Waals surface area contributed by atoms with Crippen molar-refractivity contribution in [1.82, 2.24) is 0 Å². The van der Waals surface area contributed by atoms with E-state index in [0.29, 0.717) is 0 Å². The van der Waals surface area contributed by atoms with Gasteiger partial charge in [0, 0.05) is 37.3 Å². The Kier molecular flexibility index (Phi) is 14.9. The zero-order valence-corrected chi connectivity index (χ0v) is 11.3. The summed E-state index contributed by atoms with van der Waals surface area (Å²) in [6, 6.07) is 12.5. The van der Waals surface area contributed by atoms with Crippen LogP contribution in [0.3, 0.4) is 0 Å². The predicted molar refractivity (Wildman–Crippen MR) is 68.3 cm³/mol. The monoisotopic (exact) mass is 373 g/mol. The maximum Gasteiger partial charge on any atom is 0 e. The van der Waals surface area contributed by atoms with Crippen LogP contribution in [0.4, 0.5) is 0 Å². The zero-order chi connectivity index (χ0) is 11.3. The third-order valence-electron chi connectivity index (χ3n) is 1.72. The van der Waals surface area contributed by atoms with Crippen LogP contribution in [-0.4, -0.2) is 0 Å². The maximum absolute atomic E-state index is 2.89. The molecule has 0 saturated heterocycles. The summed E-state index contributed by atoms with van der Waals surface area (Å²) in [5.41, 5.74) is 0. The molecule has 1 aromatic rings. The van der Waals surface area contributed by atoms with Crippen molar-refractivity contribution in [3.05, 3.63) is 101 Å². The van der Waals surface area contributed by atoms with Gasteiger partial charge in [-0.2, -0.15) is 36.4 Å². The number of rotatable bonds is 0. The molecule has 2 saturated carbocycles. The van der Waals surface area contributed by atoms with Gasteiger partial charge in [0.1, 0.15) is 0 Å². The van der Waals surface area contributed by atoms with Crippen LogP contribution < -0.4 is 0 Å². The summed E-state index contributed by atoms with van der Waals surface area (Å²) in [6.07, 6.45) is 20.0. The van der Waals surface area contributed by atoms with Crippen molar-refractivity contribution in [2.45, 2.75) is 0 Å². The Balaban J connectivity index is 0.000000221. The Morgan fingerprint density at radius 2 is 0.706 bits per heavy atom. The topological polar surface area (TPSA) is 0 Å². The molecule has 17 heavy (non-hydrogen) atoms. The summed E-state index contributed by atoms with van der Waals surface area (Å²) >= 11 is 0. The van der Waals surface area contributed by atoms with Crippen LogP contribution in [0.15, 0.2) is 30.3 Å². The van der Waals surface area contributed by atoms with Gasteiger partial charge in [-0.05, 0) is 64.2 Å². The van der Waals surface area contributed by atoms with Crippen LogP contribution in [-0.2, 0) is 0 Å². The molecule has 1 heteroatoms. The van der Waals surface area contributed by atoms with Crippen LogP contribution in [0.1, 0.15) is 0 Å². The fourth-order valence-electron chi connectivity index (χ4n) is 0.983. The average molecular weight is 375 g/mol. The van der Waals surface area contributed by atoms with E-state index in [1.165, 1.54) is 0 Å². The summed E-state index contributed by atoms with van der Waals surface area (Å²) < 4.78 is 0. The first-order chi connectivity index (χ1) is 8.00. The smallest absolute Gasteiger partial charge is 0 e. The van der Waals surface area contributed by atoms with Gasteiger partial charge in [0.2, 0.25) is 0 Å². The second kappa shape index (κ2) is 14.5. The number of hydrogen-bond donors (Lipinski definition) is 0. The van der Waals surface area contributed by atoms with E-state index in [4.69, 9.17) is 0 Å². The Morgan fingerprint density at radius 1 is 0.412 bits per heavy atom. The minimum Gasteiger partial charge on any atom is -0.184 e. The first kappa shape index (κ1) is 17.5. The van der Waals surface area contributed by atoms with E-state index in [1.807, 2.05) is 94.5 Å². The van der Waals surface area contributed by atoms with Crippen LogP contribution >= 0.6 is 0 Å². The molecule has 2 fully saturated rings. The van der Waals surface area contributed by atoms with Crippen molar-refractivity contribution in [3.8, 4) is 0 Å². The van der Waals surface area contributed by atoms with Gasteiger partial charge in [-0.3, -0.25) is 0 Å². The summed E-state index contributed by atoms with van der Waals surface area (Å²) in [5, 5.41) is 0. The van der Waals surface area contributed by atoms with E-state index in [0.717, 1.165) is 0 Å². The summed E-state index contributed by atoms with van der Waals surface area (Å²) in [5.74, 6) is 0. The molecule has 0 heterocycles. The molecule has 1 aromatic carbocycles. The van der Waals surface area contributed by atoms with E-state index in [-0.39, 0.29) is 37.3 Å². The van der Waals surface area contributed by atoms with Gasteiger partial charge in [-0.25, -0.2) is 0 Å². The van der Waals surface area contributed by atoms with E-state index < -0.39 is 0 Å². The van der Waals surface area contributed by atoms with Gasteiger partial charge in [0.05, 0.1) is 0 Å². The third kappa shape index (κ3) is 12.7. The number of hydrogen-bond acceptors (Lipinski definition) is 0. The third-order valence-corrected chi connectivity index (χ3v) is 1.72. The summed E-state index contributed by atoms with van der Waals surface area (Å²) in [4.78, 5) is 0. The average Bonchev–Trinajstić information content (AvgIpc) is 3.10. The first-order valence-electron chi connectivity index (χ1n) is 5.24. The Bertz CT molecular complexity index is 160. The molecular weight excluding hydrogens is 359 g/mol. The van der Waals surface area contributed by atoms with Crippen LogP contribution in [0.5, 0.6) is 0 Å². The fraction of sp³-hybridized carbons (Fsp3) is 0. The van der Waals surface area contributed by atoms with E-state index >= 15 is 0 Å². The Labute approximate surface area is 137 Å². The second-order valence-corrected chi connectivity index (χ2v) is 3.00. The first-order valence-corrected chi connectivity index (χ1v) is 5.24. The molecular formula is C16H15Er-. The molecule has 0 unspecified atom stereocenters. The molecule has 10 radical (unpaired) electrons. The molecule has 0 bridgehead atoms. The van der Waals surface area contributed by atoms with Crippen molar-refractivity contribution >= 4 is 0 Å². The van der Waals surface area contributed by atoms with Gasteiger partial charge in [0.15, 0.2) is 0 Å². The van der Waals surface area contributed by atoms with E-state index in [1.54, 1.807) is 0 Å². The molecule has 0 amide bonds. The molecule has 92 valence electrons. The van der Waals surface area contributed by atoms with Crippen molar-refractivity contribution in [3.63, 3.8) is 0 Å². The molecule has 2 aliphatic rings. The van der Waals surface area contributed by atoms with Gasteiger partial charge < -0.3 is 0 Å². The van der Waals surface area contributed by atoms with Gasteiger partial charge in [0.25, 0.3) is 0 Å². The normalized spacial score (nSPS) is 16.9. The predicted octanol–water partition coefficient (Wildman–Crippen LogP) is 3.53. The van der Waals surface area contributed by atoms with Gasteiger partial charge in [-0.15, -0.1) is 0 Å². The molecule has 0 atom stereocenters. The molecule has 0 aliphatic heterocycles. The van der Waals surface area contributed by atoms with Crippen LogP contribution in [0.25, 0.3) is 0 Å². The summed E-state index contributed by atoms with van der Waals surface area (Å²) in [7, 11) is 0. The molecule has 0 spiro atoms. The van der Waals surface area contributed by atoms with Crippen molar-refractivity contribution in [2.75, 3.05) is 0 Å². The van der Waals surface area contributed by atoms with Crippen molar-refractivity contribution in [2.24, 2.45) is 0 Å². The van der Waals surface area contributed by atoms with E-state index in [9.17, 15) is 0 Å². The van der Waals surface area contributed by atoms with Gasteiger partial charge in [-0.1, -0.05) is 0 Å². The minimum absolute atomic E-state index is 0. The quantitative estimate of drug-likeness (QED) is 0.610. The molecule has 0 N–H and O–H groups in total. The zero-order valence-electron chi connectivity index (χ0n) is 9.45. The standard InChI is InChI=1S/C6H5.2C5H5.Er/c1-2-4-6-5-3-1;2*1-2-4-5-3-1;/h1-5H;2*1-5H;/q-1;;;. The fourth-order valence-corrected chi connectivity index (χ4v) is 0.983. The number of benzene rings is 1. The molecule has 0 aromatic heterocycles. The molecule has 3 rings (SSSR count). The molecule has 2 aliphatic carbocycles. The maximum atomic E-state index is 2.89. The van der Waals surface area contributed by atoms with Crippen molar-refractivity contribution in [1.29, 1.82) is 0 Å². The second-order valence-electron chi connectivity index (χ2n) is 3.00. The van der Waals surface area contributed by atoms with Crippen LogP contribution in [0, 0.1) is 108 Å². The summed E-state index contributed by atoms with van der Waals surface area (Å²) in [6.45, 7) is 0.